The molecule has 1 fully saturated rings. The molecule has 0 amide bonds. The van der Waals surface area contributed by atoms with Crippen molar-refractivity contribution < 1.29 is 4.74 Å². The Bertz CT molecular complexity index is 292. The Kier molecular flexibility index (Phi) is 2.36. The lowest BCUT2D eigenvalue weighted by Gasteiger charge is -2.17. The molecule has 0 radical (unpaired) electrons. The molecule has 1 saturated heterocycles. The number of aromatic nitrogens is 1. The molecule has 3 nitrogen and oxygen atoms in total. The van der Waals surface area contributed by atoms with Crippen molar-refractivity contribution in [2.24, 2.45) is 5.73 Å². The second-order valence-electron chi connectivity index (χ2n) is 3.70. The molecule has 1 aliphatic heterocycles. The maximum absolute atomic E-state index is 5.54. The van der Waals surface area contributed by atoms with Crippen LogP contribution in [-0.2, 0) is 16.7 Å². The third-order valence-corrected chi connectivity index (χ3v) is 3.82. The lowest BCUT2D eigenvalue weighted by atomic mass is 9.91. The predicted octanol–water partition coefficient (Wildman–Crippen LogP) is 1.28. The highest BCUT2D eigenvalue weighted by Crippen LogP contribution is 2.34. The topological polar surface area (TPSA) is 48.1 Å². The van der Waals surface area contributed by atoms with Crippen LogP contribution in [0.5, 0.6) is 0 Å². The van der Waals surface area contributed by atoms with Crippen molar-refractivity contribution in [3.63, 3.8) is 0 Å². The minimum atomic E-state index is 0.137. The summed E-state index contributed by atoms with van der Waals surface area (Å²) in [6.45, 7) is 4.45. The van der Waals surface area contributed by atoms with Gasteiger partial charge in [0.2, 0.25) is 0 Å². The van der Waals surface area contributed by atoms with Crippen molar-refractivity contribution >= 4 is 11.3 Å². The van der Waals surface area contributed by atoms with Gasteiger partial charge in [-0.15, -0.1) is 11.3 Å². The van der Waals surface area contributed by atoms with E-state index in [1.807, 2.05) is 6.20 Å². The smallest absolute Gasteiger partial charge is 0.101 e. The summed E-state index contributed by atoms with van der Waals surface area (Å²) >= 11 is 1.71. The number of nitrogens with zero attached hydrogens (tertiary/aromatic N) is 1. The van der Waals surface area contributed by atoms with E-state index >= 15 is 0 Å². The van der Waals surface area contributed by atoms with Crippen LogP contribution in [0, 0.1) is 0 Å². The van der Waals surface area contributed by atoms with Gasteiger partial charge in [0.05, 0.1) is 6.61 Å². The first-order valence-electron chi connectivity index (χ1n) is 4.47. The van der Waals surface area contributed by atoms with Gasteiger partial charge in [0.1, 0.15) is 5.01 Å². The van der Waals surface area contributed by atoms with Gasteiger partial charge < -0.3 is 10.5 Å². The van der Waals surface area contributed by atoms with Gasteiger partial charge in [-0.25, -0.2) is 4.98 Å². The second-order valence-corrected chi connectivity index (χ2v) is 4.81. The van der Waals surface area contributed by atoms with Crippen molar-refractivity contribution in [2.45, 2.75) is 25.3 Å². The van der Waals surface area contributed by atoms with Crippen LogP contribution in [0.2, 0.25) is 0 Å². The fraction of sp³-hybridized carbons (Fsp3) is 0.667. The Hall–Kier alpha value is -0.450. The Labute approximate surface area is 81.9 Å². The molecule has 1 aromatic rings. The molecular formula is C9H14N2OS. The quantitative estimate of drug-likeness (QED) is 0.778. The summed E-state index contributed by atoms with van der Waals surface area (Å²) < 4.78 is 5.39. The molecule has 1 unspecified atom stereocenters. The van der Waals surface area contributed by atoms with Gasteiger partial charge in [-0.2, -0.15) is 0 Å². The monoisotopic (exact) mass is 198 g/mol. The lowest BCUT2D eigenvalue weighted by molar-refractivity contribution is 0.180. The average Bonchev–Trinajstić information content (AvgIpc) is 2.72. The van der Waals surface area contributed by atoms with Crippen molar-refractivity contribution in [1.82, 2.24) is 4.98 Å². The van der Waals surface area contributed by atoms with Crippen molar-refractivity contribution in [3.05, 3.63) is 16.1 Å². The van der Waals surface area contributed by atoms with E-state index in [0.29, 0.717) is 6.54 Å². The molecule has 1 aromatic heterocycles. The molecule has 1 atom stereocenters. The first kappa shape index (κ1) is 9.12. The summed E-state index contributed by atoms with van der Waals surface area (Å²) in [5.74, 6) is 0. The number of thiazole rings is 1. The molecule has 4 heteroatoms. The summed E-state index contributed by atoms with van der Waals surface area (Å²) in [6.07, 6.45) is 2.95. The zero-order valence-corrected chi connectivity index (χ0v) is 8.56. The first-order valence-corrected chi connectivity index (χ1v) is 5.29. The van der Waals surface area contributed by atoms with Crippen LogP contribution in [0.25, 0.3) is 0 Å². The van der Waals surface area contributed by atoms with E-state index in [1.165, 1.54) is 5.01 Å². The Balaban J connectivity index is 2.23. The highest BCUT2D eigenvalue weighted by molar-refractivity contribution is 7.11. The Morgan fingerprint density at radius 1 is 1.77 bits per heavy atom. The van der Waals surface area contributed by atoms with Crippen LogP contribution < -0.4 is 5.73 Å². The third-order valence-electron chi connectivity index (χ3n) is 2.49. The number of nitrogens with two attached hydrogens (primary N) is 1. The molecule has 1 aliphatic rings. The van der Waals surface area contributed by atoms with Gasteiger partial charge in [-0.1, -0.05) is 6.92 Å². The maximum Gasteiger partial charge on any atom is 0.101 e. The van der Waals surface area contributed by atoms with Gasteiger partial charge in [0.15, 0.2) is 0 Å². The van der Waals surface area contributed by atoms with Crippen molar-refractivity contribution in [3.8, 4) is 0 Å². The molecule has 0 spiro atoms. The molecule has 2 heterocycles. The van der Waals surface area contributed by atoms with E-state index in [-0.39, 0.29) is 5.41 Å². The lowest BCUT2D eigenvalue weighted by Crippen LogP contribution is -2.21. The van der Waals surface area contributed by atoms with E-state index in [9.17, 15) is 0 Å². The van der Waals surface area contributed by atoms with Crippen molar-refractivity contribution in [2.75, 3.05) is 13.2 Å². The van der Waals surface area contributed by atoms with Crippen LogP contribution >= 0.6 is 11.3 Å². The molecule has 0 bridgehead atoms. The van der Waals surface area contributed by atoms with Crippen LogP contribution in [0.15, 0.2) is 6.20 Å². The fourth-order valence-corrected chi connectivity index (χ4v) is 2.47. The average molecular weight is 198 g/mol. The van der Waals surface area contributed by atoms with Gasteiger partial charge in [0.25, 0.3) is 0 Å². The summed E-state index contributed by atoms with van der Waals surface area (Å²) in [5.41, 5.74) is 5.68. The largest absolute Gasteiger partial charge is 0.380 e. The molecular weight excluding hydrogens is 184 g/mol. The number of rotatable bonds is 2. The number of hydrogen-bond donors (Lipinski definition) is 1. The van der Waals surface area contributed by atoms with Crippen LogP contribution in [0.3, 0.4) is 0 Å². The van der Waals surface area contributed by atoms with E-state index in [2.05, 4.69) is 11.9 Å². The van der Waals surface area contributed by atoms with Crippen LogP contribution in [-0.4, -0.2) is 18.2 Å². The summed E-state index contributed by atoms with van der Waals surface area (Å²) in [7, 11) is 0. The molecule has 72 valence electrons. The highest BCUT2D eigenvalue weighted by atomic mass is 32.1. The highest BCUT2D eigenvalue weighted by Gasteiger charge is 2.34. The van der Waals surface area contributed by atoms with Gasteiger partial charge in [-0.05, 0) is 6.42 Å². The molecule has 0 aromatic carbocycles. The normalized spacial score (nSPS) is 28.2. The van der Waals surface area contributed by atoms with E-state index in [1.54, 1.807) is 11.3 Å². The zero-order chi connectivity index (χ0) is 9.31. The van der Waals surface area contributed by atoms with E-state index in [4.69, 9.17) is 10.5 Å². The number of hydrogen-bond acceptors (Lipinski definition) is 4. The standard InChI is InChI=1S/C9H14N2OS/c1-9(2-3-12-6-9)8-11-5-7(4-10)13-8/h5H,2-4,6,10H2,1H3. The van der Waals surface area contributed by atoms with Crippen LogP contribution in [0.1, 0.15) is 23.2 Å². The molecule has 0 saturated carbocycles. The second kappa shape index (κ2) is 3.36. The zero-order valence-electron chi connectivity index (χ0n) is 7.75. The summed E-state index contributed by atoms with van der Waals surface area (Å²) in [5, 5.41) is 1.17. The van der Waals surface area contributed by atoms with E-state index < -0.39 is 0 Å². The van der Waals surface area contributed by atoms with Crippen LogP contribution in [0.4, 0.5) is 0 Å². The molecule has 0 aliphatic carbocycles. The third kappa shape index (κ3) is 1.61. The van der Waals surface area contributed by atoms with Crippen molar-refractivity contribution in [1.29, 1.82) is 0 Å². The number of ether oxygens (including phenoxy) is 1. The predicted molar refractivity (Wildman–Crippen MR) is 52.8 cm³/mol. The molecule has 2 N–H and O–H groups in total. The summed E-state index contributed by atoms with van der Waals surface area (Å²) in [4.78, 5) is 5.55. The van der Waals surface area contributed by atoms with Gasteiger partial charge in [0, 0.05) is 29.6 Å². The fourth-order valence-electron chi connectivity index (χ4n) is 1.52. The minimum Gasteiger partial charge on any atom is -0.380 e. The minimum absolute atomic E-state index is 0.137. The maximum atomic E-state index is 5.54. The Morgan fingerprint density at radius 3 is 3.15 bits per heavy atom. The molecule has 13 heavy (non-hydrogen) atoms. The molecule has 2 rings (SSSR count). The van der Waals surface area contributed by atoms with Gasteiger partial charge in [-0.3, -0.25) is 0 Å². The first-order chi connectivity index (χ1) is 6.24. The summed E-state index contributed by atoms with van der Waals surface area (Å²) in [6, 6.07) is 0. The Morgan fingerprint density at radius 2 is 2.62 bits per heavy atom. The van der Waals surface area contributed by atoms with Gasteiger partial charge >= 0.3 is 0 Å². The van der Waals surface area contributed by atoms with E-state index in [0.717, 1.165) is 24.5 Å². The SMILES string of the molecule is CC1(c2ncc(CN)s2)CCOC1.